The summed E-state index contributed by atoms with van der Waals surface area (Å²) < 4.78 is 0. The van der Waals surface area contributed by atoms with Gasteiger partial charge in [0.2, 0.25) is 0 Å². The van der Waals surface area contributed by atoms with Crippen molar-refractivity contribution in [1.29, 1.82) is 0 Å². The highest BCUT2D eigenvalue weighted by Gasteiger charge is 2.13. The number of hydrogen-bond acceptors (Lipinski definition) is 3. The summed E-state index contributed by atoms with van der Waals surface area (Å²) in [7, 11) is 1.79. The molecule has 1 amide bonds. The number of pyridine rings is 1. The molecule has 104 valence electrons. The number of carbonyl (C=O) groups excluding carboxylic acids is 1. The number of nitrogens with one attached hydrogen (secondary N) is 1. The molecule has 1 N–H and O–H groups in total. The minimum absolute atomic E-state index is 0.0723. The normalized spacial score (nSPS) is 10.1. The highest BCUT2D eigenvalue weighted by atomic mass is 16.2. The largest absolute Gasteiger partial charge is 0.384 e. The van der Waals surface area contributed by atoms with Crippen LogP contribution in [0.25, 0.3) is 0 Å². The van der Waals surface area contributed by atoms with E-state index in [2.05, 4.69) is 10.3 Å². The van der Waals surface area contributed by atoms with Crippen LogP contribution in [-0.2, 0) is 6.54 Å². The molecule has 0 aliphatic heterocycles. The first-order valence-corrected chi connectivity index (χ1v) is 6.70. The van der Waals surface area contributed by atoms with E-state index in [0.29, 0.717) is 12.2 Å². The molecule has 0 aliphatic rings. The molecule has 0 unspecified atom stereocenters. The second-order valence-electron chi connectivity index (χ2n) is 4.61. The summed E-state index contributed by atoms with van der Waals surface area (Å²) in [5.41, 5.74) is 2.49. The van der Waals surface area contributed by atoms with E-state index in [-0.39, 0.29) is 5.91 Å². The molecule has 1 aromatic carbocycles. The Hall–Kier alpha value is -2.36. The fourth-order valence-electron chi connectivity index (χ4n) is 1.95. The van der Waals surface area contributed by atoms with Crippen LogP contribution in [0.1, 0.15) is 23.0 Å². The maximum absolute atomic E-state index is 12.3. The third-order valence-corrected chi connectivity index (χ3v) is 2.97. The Balaban J connectivity index is 2.03. The molecule has 0 saturated carbocycles. The Morgan fingerprint density at radius 3 is 2.55 bits per heavy atom. The number of benzene rings is 1. The third-order valence-electron chi connectivity index (χ3n) is 2.97. The third kappa shape index (κ3) is 3.57. The lowest BCUT2D eigenvalue weighted by Crippen LogP contribution is -2.26. The number of carbonyl (C=O) groups is 1. The van der Waals surface area contributed by atoms with E-state index in [0.717, 1.165) is 17.8 Å². The van der Waals surface area contributed by atoms with Crippen molar-refractivity contribution in [3.05, 3.63) is 59.9 Å². The van der Waals surface area contributed by atoms with Crippen molar-refractivity contribution in [3.8, 4) is 0 Å². The topological polar surface area (TPSA) is 45.2 Å². The second kappa shape index (κ2) is 6.70. The molecule has 0 spiro atoms. The van der Waals surface area contributed by atoms with Gasteiger partial charge in [0.15, 0.2) is 0 Å². The number of amides is 1. The van der Waals surface area contributed by atoms with Crippen LogP contribution in [0.2, 0.25) is 0 Å². The quantitative estimate of drug-likeness (QED) is 0.907. The predicted octanol–water partition coefficient (Wildman–Crippen LogP) is 2.79. The Labute approximate surface area is 119 Å². The van der Waals surface area contributed by atoms with Gasteiger partial charge in [-0.25, -0.2) is 4.98 Å². The smallest absolute Gasteiger partial charge is 0.272 e. The van der Waals surface area contributed by atoms with Crippen LogP contribution in [0, 0.1) is 0 Å². The predicted molar refractivity (Wildman–Crippen MR) is 80.6 cm³/mol. The van der Waals surface area contributed by atoms with Gasteiger partial charge in [0.1, 0.15) is 5.69 Å². The number of hydrogen-bond donors (Lipinski definition) is 1. The summed E-state index contributed by atoms with van der Waals surface area (Å²) in [5.74, 6) is -0.0723. The van der Waals surface area contributed by atoms with Gasteiger partial charge in [-0.3, -0.25) is 4.79 Å². The molecule has 2 aromatic rings. The minimum Gasteiger partial charge on any atom is -0.384 e. The first-order valence-electron chi connectivity index (χ1n) is 6.70. The van der Waals surface area contributed by atoms with Crippen molar-refractivity contribution in [2.45, 2.75) is 13.5 Å². The van der Waals surface area contributed by atoms with E-state index in [1.807, 2.05) is 43.3 Å². The monoisotopic (exact) mass is 269 g/mol. The zero-order chi connectivity index (χ0) is 14.4. The van der Waals surface area contributed by atoms with Crippen molar-refractivity contribution in [3.63, 3.8) is 0 Å². The van der Waals surface area contributed by atoms with Gasteiger partial charge in [0.05, 0.1) is 11.9 Å². The van der Waals surface area contributed by atoms with Crippen LogP contribution in [-0.4, -0.2) is 29.4 Å². The van der Waals surface area contributed by atoms with Crippen molar-refractivity contribution in [2.75, 3.05) is 18.9 Å². The van der Waals surface area contributed by atoms with E-state index in [1.165, 1.54) is 0 Å². The highest BCUT2D eigenvalue weighted by molar-refractivity contribution is 5.92. The van der Waals surface area contributed by atoms with Gasteiger partial charge in [-0.15, -0.1) is 0 Å². The molecule has 4 nitrogen and oxygen atoms in total. The lowest BCUT2D eigenvalue weighted by atomic mass is 10.2. The zero-order valence-corrected chi connectivity index (χ0v) is 11.8. The lowest BCUT2D eigenvalue weighted by Gasteiger charge is -2.17. The average Bonchev–Trinajstić information content (AvgIpc) is 2.48. The summed E-state index contributed by atoms with van der Waals surface area (Å²) in [6.07, 6.45) is 1.69. The van der Waals surface area contributed by atoms with Crippen LogP contribution in [0.3, 0.4) is 0 Å². The van der Waals surface area contributed by atoms with Gasteiger partial charge in [-0.2, -0.15) is 0 Å². The molecular formula is C16H19N3O. The van der Waals surface area contributed by atoms with Crippen LogP contribution in [0.5, 0.6) is 0 Å². The molecule has 1 aromatic heterocycles. The first-order chi connectivity index (χ1) is 9.70. The average molecular weight is 269 g/mol. The molecule has 0 bridgehead atoms. The fourth-order valence-corrected chi connectivity index (χ4v) is 1.95. The molecule has 0 saturated heterocycles. The molecule has 20 heavy (non-hydrogen) atoms. The van der Waals surface area contributed by atoms with Crippen LogP contribution >= 0.6 is 0 Å². The van der Waals surface area contributed by atoms with Gasteiger partial charge < -0.3 is 10.2 Å². The van der Waals surface area contributed by atoms with Gasteiger partial charge in [0.25, 0.3) is 5.91 Å². The summed E-state index contributed by atoms with van der Waals surface area (Å²) >= 11 is 0. The van der Waals surface area contributed by atoms with E-state index in [1.54, 1.807) is 24.2 Å². The first kappa shape index (κ1) is 14.1. The van der Waals surface area contributed by atoms with Gasteiger partial charge in [0, 0.05) is 20.1 Å². The summed E-state index contributed by atoms with van der Waals surface area (Å²) in [6, 6.07) is 13.5. The van der Waals surface area contributed by atoms with Crippen LogP contribution in [0.15, 0.2) is 48.7 Å². The summed E-state index contributed by atoms with van der Waals surface area (Å²) in [6.45, 7) is 3.44. The van der Waals surface area contributed by atoms with Crippen molar-refractivity contribution >= 4 is 11.6 Å². The summed E-state index contributed by atoms with van der Waals surface area (Å²) in [5, 5.41) is 3.16. The highest BCUT2D eigenvalue weighted by Crippen LogP contribution is 2.09. The van der Waals surface area contributed by atoms with Crippen LogP contribution in [0.4, 0.5) is 5.69 Å². The molecule has 1 heterocycles. The Bertz CT molecular complexity index is 552. The minimum atomic E-state index is -0.0723. The Morgan fingerprint density at radius 2 is 1.95 bits per heavy atom. The molecule has 0 atom stereocenters. The van der Waals surface area contributed by atoms with Gasteiger partial charge in [-0.1, -0.05) is 30.3 Å². The Kier molecular flexibility index (Phi) is 4.71. The molecule has 0 fully saturated rings. The standard InChI is InChI=1S/C16H19N3O/c1-3-17-14-9-10-15(18-11-14)16(20)19(2)12-13-7-5-4-6-8-13/h4-11,17H,3,12H2,1-2H3. The van der Waals surface area contributed by atoms with E-state index >= 15 is 0 Å². The van der Waals surface area contributed by atoms with Crippen molar-refractivity contribution in [1.82, 2.24) is 9.88 Å². The molecule has 0 radical (unpaired) electrons. The maximum Gasteiger partial charge on any atom is 0.272 e. The number of anilines is 1. The van der Waals surface area contributed by atoms with E-state index in [9.17, 15) is 4.79 Å². The number of nitrogens with zero attached hydrogens (tertiary/aromatic N) is 2. The molecule has 4 heteroatoms. The number of rotatable bonds is 5. The molecule has 2 rings (SSSR count). The summed E-state index contributed by atoms with van der Waals surface area (Å²) in [4.78, 5) is 18.1. The molecular weight excluding hydrogens is 250 g/mol. The Morgan fingerprint density at radius 1 is 1.20 bits per heavy atom. The second-order valence-corrected chi connectivity index (χ2v) is 4.61. The molecule has 0 aliphatic carbocycles. The van der Waals surface area contributed by atoms with E-state index in [4.69, 9.17) is 0 Å². The number of aromatic nitrogens is 1. The van der Waals surface area contributed by atoms with E-state index < -0.39 is 0 Å². The fraction of sp³-hybridized carbons (Fsp3) is 0.250. The van der Waals surface area contributed by atoms with Gasteiger partial charge in [-0.05, 0) is 24.6 Å². The zero-order valence-electron chi connectivity index (χ0n) is 11.8. The van der Waals surface area contributed by atoms with Crippen LogP contribution < -0.4 is 5.32 Å². The van der Waals surface area contributed by atoms with Crippen molar-refractivity contribution in [2.24, 2.45) is 0 Å². The van der Waals surface area contributed by atoms with Gasteiger partial charge >= 0.3 is 0 Å². The lowest BCUT2D eigenvalue weighted by molar-refractivity contribution is 0.0779. The van der Waals surface area contributed by atoms with Crippen molar-refractivity contribution < 1.29 is 4.79 Å². The maximum atomic E-state index is 12.3. The SMILES string of the molecule is CCNc1ccc(C(=O)N(C)Cc2ccccc2)nc1.